The maximum atomic E-state index is 15.1. The van der Waals surface area contributed by atoms with Crippen LogP contribution in [0.2, 0.25) is 0 Å². The van der Waals surface area contributed by atoms with Gasteiger partial charge in [0.25, 0.3) is 23.6 Å². The van der Waals surface area contributed by atoms with Gasteiger partial charge in [-0.3, -0.25) is 19.2 Å². The van der Waals surface area contributed by atoms with Gasteiger partial charge in [-0.25, -0.2) is 19.2 Å². The Kier molecular flexibility index (Phi) is 22.9. The molecule has 79 heavy (non-hydrogen) atoms. The van der Waals surface area contributed by atoms with E-state index in [9.17, 15) is 33.6 Å². The number of esters is 4. The number of nitrogens with zero attached hydrogens (tertiary/aromatic N) is 5. The maximum Gasteiger partial charge on any atom is 0.329 e. The van der Waals surface area contributed by atoms with Gasteiger partial charge in [-0.05, 0) is 92.0 Å². The molecule has 3 aromatic rings. The van der Waals surface area contributed by atoms with E-state index in [1.54, 1.807) is 30.3 Å². The molecule has 4 amide bonds. The average molecular weight is 1100 g/mol. The number of nitrogens with one attached hydrogen (secondary N) is 1. The van der Waals surface area contributed by atoms with Crippen LogP contribution < -0.4 is 10.2 Å². The standard InChI is InChI=1S/C61H86N6O12/c1-37(2)30-48-58(72)76-42(10)55(69)64(12)51(33-40(7)8)61(75)79-53(35-44-24-26-45(27-25-44)36-67-29-28-62-46-22-18-19-23-47(46)67)57(71)66(14)49(31-38(3)4)59(73)77-41(9)54(68)63(11)50(32-39(5)6)60(74)78-52(56(70)65(48)13)34-43-20-16-15-17-21-43/h15-27,37-42,48-53,62H,28-36H2,1-14H3/t41-,42-,48+,49+,50+,51+,52-,53-/m1/s1. The summed E-state index contributed by atoms with van der Waals surface area (Å²) in [5.41, 5.74) is 4.43. The summed E-state index contributed by atoms with van der Waals surface area (Å²) in [6, 6.07) is 19.5. The van der Waals surface area contributed by atoms with Crippen LogP contribution in [0.5, 0.6) is 0 Å². The van der Waals surface area contributed by atoms with Crippen LogP contribution in [-0.4, -0.2) is 157 Å². The minimum atomic E-state index is -1.52. The van der Waals surface area contributed by atoms with Gasteiger partial charge < -0.3 is 48.8 Å². The molecule has 0 aromatic heterocycles. The van der Waals surface area contributed by atoms with Crippen molar-refractivity contribution in [1.29, 1.82) is 0 Å². The smallest absolute Gasteiger partial charge is 0.329 e. The summed E-state index contributed by atoms with van der Waals surface area (Å²) in [5.74, 6) is -7.23. The number of hydrogen-bond acceptors (Lipinski definition) is 14. The van der Waals surface area contributed by atoms with Crippen LogP contribution in [0.25, 0.3) is 0 Å². The number of anilines is 2. The third kappa shape index (κ3) is 17.3. The first-order chi connectivity index (χ1) is 37.3. The SMILES string of the molecule is CC(C)C[C@H]1C(=O)O[C@H](Cc2ccc(CN3CCNc4ccccc43)cc2)C(=O)N(C)[C@@H](CC(C)C)C(=O)O[C@H](C)C(=O)N(C)[C@@H](CC(C)C)C(=O)O[C@H](Cc2ccccc2)C(=O)N(C)[C@@H](CC(C)C)C(=O)O[C@H](C)C(=O)N1C. The molecule has 2 aliphatic rings. The Morgan fingerprint density at radius 3 is 1.19 bits per heavy atom. The van der Waals surface area contributed by atoms with Crippen molar-refractivity contribution in [2.45, 2.75) is 163 Å². The van der Waals surface area contributed by atoms with Crippen molar-refractivity contribution in [3.8, 4) is 0 Å². The van der Waals surface area contributed by atoms with Crippen molar-refractivity contribution in [1.82, 2.24) is 19.6 Å². The molecule has 0 spiro atoms. The molecule has 1 fully saturated rings. The maximum absolute atomic E-state index is 15.1. The second-order valence-electron chi connectivity index (χ2n) is 23.0. The predicted molar refractivity (Wildman–Crippen MR) is 301 cm³/mol. The molecule has 0 bridgehead atoms. The molecular formula is C61H86N6O12. The van der Waals surface area contributed by atoms with E-state index >= 15 is 4.79 Å². The Bertz CT molecular complexity index is 2560. The summed E-state index contributed by atoms with van der Waals surface area (Å²) in [6.07, 6.45) is -5.74. The van der Waals surface area contributed by atoms with Crippen LogP contribution in [0.1, 0.15) is 112 Å². The van der Waals surface area contributed by atoms with Crippen molar-refractivity contribution in [3.05, 3.63) is 95.6 Å². The van der Waals surface area contributed by atoms with Crippen molar-refractivity contribution < 1.29 is 57.3 Å². The van der Waals surface area contributed by atoms with Gasteiger partial charge in [-0.2, -0.15) is 0 Å². The average Bonchev–Trinajstić information content (AvgIpc) is 3.40. The Balaban J connectivity index is 1.58. The van der Waals surface area contributed by atoms with Crippen LogP contribution in [0.15, 0.2) is 78.9 Å². The second-order valence-corrected chi connectivity index (χ2v) is 23.0. The van der Waals surface area contributed by atoms with E-state index in [1.807, 2.05) is 97.9 Å². The van der Waals surface area contributed by atoms with Gasteiger partial charge in [0.2, 0.25) is 0 Å². The number of ether oxygens (including phenoxy) is 4. The summed E-state index contributed by atoms with van der Waals surface area (Å²) < 4.78 is 24.1. The van der Waals surface area contributed by atoms with Gasteiger partial charge in [0.15, 0.2) is 24.4 Å². The van der Waals surface area contributed by atoms with Crippen LogP contribution >= 0.6 is 0 Å². The highest BCUT2D eigenvalue weighted by atomic mass is 16.6. The minimum Gasteiger partial charge on any atom is -0.451 e. The van der Waals surface area contributed by atoms with Crippen LogP contribution in [-0.2, 0) is 76.7 Å². The van der Waals surface area contributed by atoms with E-state index in [0.29, 0.717) is 17.7 Å². The third-order valence-electron chi connectivity index (χ3n) is 14.5. The van der Waals surface area contributed by atoms with Crippen molar-refractivity contribution >= 4 is 58.9 Å². The van der Waals surface area contributed by atoms with Gasteiger partial charge in [0, 0.05) is 60.7 Å². The molecule has 0 aliphatic carbocycles. The first kappa shape index (κ1) is 62.9. The summed E-state index contributed by atoms with van der Waals surface area (Å²) >= 11 is 0. The third-order valence-corrected chi connectivity index (χ3v) is 14.5. The summed E-state index contributed by atoms with van der Waals surface area (Å²) in [6.45, 7) is 19.8. The Morgan fingerprint density at radius 1 is 0.443 bits per heavy atom. The van der Waals surface area contributed by atoms with E-state index < -0.39 is 96.1 Å². The lowest BCUT2D eigenvalue weighted by molar-refractivity contribution is -0.176. The predicted octanol–water partition coefficient (Wildman–Crippen LogP) is 7.10. The molecular weight excluding hydrogens is 1010 g/mol. The number of para-hydroxylation sites is 2. The molecule has 2 heterocycles. The number of fused-ring (bicyclic) bond motifs is 1. The zero-order valence-corrected chi connectivity index (χ0v) is 48.9. The monoisotopic (exact) mass is 1090 g/mol. The molecule has 432 valence electrons. The van der Waals surface area contributed by atoms with E-state index in [0.717, 1.165) is 44.7 Å². The fourth-order valence-corrected chi connectivity index (χ4v) is 10.0. The molecule has 18 heteroatoms. The highest BCUT2D eigenvalue weighted by Crippen LogP contribution is 2.30. The van der Waals surface area contributed by atoms with Gasteiger partial charge in [0.05, 0.1) is 11.4 Å². The number of carbonyl (C=O) groups excluding carboxylic acids is 8. The number of benzene rings is 3. The van der Waals surface area contributed by atoms with Gasteiger partial charge in [0.1, 0.15) is 24.2 Å². The summed E-state index contributed by atoms with van der Waals surface area (Å²) in [7, 11) is 5.61. The zero-order valence-electron chi connectivity index (χ0n) is 48.9. The quantitative estimate of drug-likeness (QED) is 0.127. The zero-order chi connectivity index (χ0) is 58.4. The van der Waals surface area contributed by atoms with Gasteiger partial charge in [-0.15, -0.1) is 0 Å². The van der Waals surface area contributed by atoms with E-state index in [4.69, 9.17) is 18.9 Å². The van der Waals surface area contributed by atoms with Gasteiger partial charge >= 0.3 is 23.9 Å². The summed E-state index contributed by atoms with van der Waals surface area (Å²) in [5, 5.41) is 3.44. The minimum absolute atomic E-state index is 0.0875. The molecule has 3 aromatic carbocycles. The first-order valence-corrected chi connectivity index (χ1v) is 27.9. The second kappa shape index (κ2) is 28.8. The van der Waals surface area contributed by atoms with Crippen LogP contribution in [0.3, 0.4) is 0 Å². The number of amides is 4. The Hall–Kier alpha value is -6.98. The molecule has 2 aliphatic heterocycles. The summed E-state index contributed by atoms with van der Waals surface area (Å²) in [4.78, 5) is 124. The Morgan fingerprint density at radius 2 is 0.785 bits per heavy atom. The molecule has 5 rings (SSSR count). The fourth-order valence-electron chi connectivity index (χ4n) is 10.0. The number of cyclic esters (lactones) is 4. The normalized spacial score (nSPS) is 24.1. The highest BCUT2D eigenvalue weighted by Gasteiger charge is 2.43. The van der Waals surface area contributed by atoms with Gasteiger partial charge in [-0.1, -0.05) is 122 Å². The first-order valence-electron chi connectivity index (χ1n) is 27.9. The van der Waals surface area contributed by atoms with Crippen molar-refractivity contribution in [2.75, 3.05) is 51.5 Å². The fraction of sp³-hybridized carbons (Fsp3) is 0.574. The van der Waals surface area contributed by atoms with E-state index in [2.05, 4.69) is 16.3 Å². The molecule has 1 N–H and O–H groups in total. The number of likely N-dealkylation sites (N-methyl/N-ethyl adjacent to an activating group) is 4. The molecule has 0 radical (unpaired) electrons. The number of carbonyl (C=O) groups is 8. The molecule has 1 saturated heterocycles. The van der Waals surface area contributed by atoms with E-state index in [1.165, 1.54) is 46.9 Å². The van der Waals surface area contributed by atoms with Crippen molar-refractivity contribution in [2.24, 2.45) is 23.7 Å². The molecule has 0 unspecified atom stereocenters. The molecule has 18 nitrogen and oxygen atoms in total. The largest absolute Gasteiger partial charge is 0.451 e. The lowest BCUT2D eigenvalue weighted by atomic mass is 9.99. The van der Waals surface area contributed by atoms with E-state index in [-0.39, 0.29) is 62.2 Å². The van der Waals surface area contributed by atoms with Crippen molar-refractivity contribution in [3.63, 3.8) is 0 Å². The lowest BCUT2D eigenvalue weighted by Crippen LogP contribution is -2.55. The van der Waals surface area contributed by atoms with Crippen LogP contribution in [0.4, 0.5) is 11.4 Å². The number of rotatable bonds is 14. The Labute approximate surface area is 467 Å². The lowest BCUT2D eigenvalue weighted by Gasteiger charge is -2.35. The highest BCUT2D eigenvalue weighted by molar-refractivity contribution is 5.94. The van der Waals surface area contributed by atoms with Crippen LogP contribution in [0, 0.1) is 23.7 Å². The number of hydrogen-bond donors (Lipinski definition) is 1. The molecule has 8 atom stereocenters. The topological polar surface area (TPSA) is 202 Å². The molecule has 0 saturated carbocycles.